The normalized spacial score (nSPS) is 16.2. The molecule has 1 saturated heterocycles. The first-order chi connectivity index (χ1) is 21.3. The van der Waals surface area contributed by atoms with Crippen LogP contribution in [0.3, 0.4) is 0 Å². The topological polar surface area (TPSA) is 73.4 Å². The second-order valence-electron chi connectivity index (χ2n) is 12.2. The van der Waals surface area contributed by atoms with Crippen LogP contribution < -0.4 is 9.64 Å². The highest BCUT2D eigenvalue weighted by Gasteiger charge is 2.26. The van der Waals surface area contributed by atoms with Gasteiger partial charge >= 0.3 is 0 Å². The van der Waals surface area contributed by atoms with Crippen molar-refractivity contribution >= 4 is 16.7 Å². The second kappa shape index (κ2) is 13.2. The minimum absolute atomic E-state index is 0.0628. The molecule has 0 unspecified atom stereocenters. The van der Waals surface area contributed by atoms with E-state index in [9.17, 15) is 0 Å². The van der Waals surface area contributed by atoms with Gasteiger partial charge in [-0.05, 0) is 88.6 Å². The molecule has 1 fully saturated rings. The maximum atomic E-state index is 15.1. The minimum Gasteiger partial charge on any atom is -0.486 e. The summed E-state index contributed by atoms with van der Waals surface area (Å²) in [5.41, 5.74) is 4.23. The van der Waals surface area contributed by atoms with E-state index >= 15 is 8.78 Å². The summed E-state index contributed by atoms with van der Waals surface area (Å²) in [6, 6.07) is 9.68. The molecule has 2 aliphatic rings. The van der Waals surface area contributed by atoms with E-state index in [0.29, 0.717) is 48.4 Å². The SMILES string of the molecule is CCN(CC)CCN1CCC(c2ccc3nc(Cc4ncc(F)c(-c5cc(F)c6c(c5)N(C(C)C)CCO6)n4)[nH]c3c2)CC1. The summed E-state index contributed by atoms with van der Waals surface area (Å²) >= 11 is 0. The van der Waals surface area contributed by atoms with Crippen LogP contribution in [-0.4, -0.2) is 88.2 Å². The van der Waals surface area contributed by atoms with Crippen LogP contribution in [0.1, 0.15) is 63.7 Å². The van der Waals surface area contributed by atoms with Crippen molar-refractivity contribution in [3.63, 3.8) is 0 Å². The second-order valence-corrected chi connectivity index (χ2v) is 12.2. The Morgan fingerprint density at radius 2 is 1.82 bits per heavy atom. The van der Waals surface area contributed by atoms with E-state index in [-0.39, 0.29) is 17.5 Å². The molecule has 44 heavy (non-hydrogen) atoms. The van der Waals surface area contributed by atoms with Crippen LogP contribution in [-0.2, 0) is 6.42 Å². The summed E-state index contributed by atoms with van der Waals surface area (Å²) in [6.07, 6.45) is 3.76. The number of likely N-dealkylation sites (tertiary alicyclic amines) is 1. The molecule has 4 aromatic rings. The third-order valence-corrected chi connectivity index (χ3v) is 9.17. The van der Waals surface area contributed by atoms with Crippen molar-refractivity contribution in [1.29, 1.82) is 0 Å². The molecule has 234 valence electrons. The molecule has 0 amide bonds. The maximum absolute atomic E-state index is 15.1. The van der Waals surface area contributed by atoms with Gasteiger partial charge in [-0.15, -0.1) is 0 Å². The number of benzene rings is 2. The molecule has 2 aromatic heterocycles. The molecule has 2 aromatic carbocycles. The number of anilines is 1. The number of rotatable bonds is 10. The number of H-pyrrole nitrogens is 1. The predicted molar refractivity (Wildman–Crippen MR) is 170 cm³/mol. The van der Waals surface area contributed by atoms with E-state index in [4.69, 9.17) is 9.72 Å². The number of imidazole rings is 1. The van der Waals surface area contributed by atoms with E-state index < -0.39 is 11.6 Å². The van der Waals surface area contributed by atoms with Crippen molar-refractivity contribution in [2.75, 3.05) is 57.3 Å². The monoisotopic (exact) mass is 603 g/mol. The largest absolute Gasteiger partial charge is 0.486 e. The van der Waals surface area contributed by atoms with Crippen LogP contribution in [0.4, 0.5) is 14.5 Å². The van der Waals surface area contributed by atoms with Crippen LogP contribution in [0.25, 0.3) is 22.3 Å². The van der Waals surface area contributed by atoms with Gasteiger partial charge in [0.05, 0.1) is 35.9 Å². The van der Waals surface area contributed by atoms with E-state index in [1.807, 2.05) is 13.8 Å². The molecule has 8 nitrogen and oxygen atoms in total. The number of hydrogen-bond acceptors (Lipinski definition) is 7. The molecule has 0 spiro atoms. The average Bonchev–Trinajstić information content (AvgIpc) is 3.44. The van der Waals surface area contributed by atoms with Crippen molar-refractivity contribution in [3.8, 4) is 17.0 Å². The fourth-order valence-electron chi connectivity index (χ4n) is 6.55. The molecular formula is C34H43F2N7O. The highest BCUT2D eigenvalue weighted by Crippen LogP contribution is 2.39. The molecule has 1 N–H and O–H groups in total. The zero-order valence-electron chi connectivity index (χ0n) is 26.2. The number of piperidine rings is 1. The number of aromatic nitrogens is 4. The Hall–Kier alpha value is -3.63. The number of aromatic amines is 1. The van der Waals surface area contributed by atoms with Gasteiger partial charge in [-0.2, -0.15) is 0 Å². The van der Waals surface area contributed by atoms with Gasteiger partial charge in [-0.3, -0.25) is 0 Å². The molecule has 0 bridgehead atoms. The van der Waals surface area contributed by atoms with Gasteiger partial charge in [0.25, 0.3) is 0 Å². The van der Waals surface area contributed by atoms with Gasteiger partial charge in [0.1, 0.15) is 23.9 Å². The summed E-state index contributed by atoms with van der Waals surface area (Å²) in [7, 11) is 0. The fourth-order valence-corrected chi connectivity index (χ4v) is 6.55. The molecular weight excluding hydrogens is 560 g/mol. The Kier molecular flexibility index (Phi) is 9.09. The van der Waals surface area contributed by atoms with Crippen LogP contribution >= 0.6 is 0 Å². The Balaban J connectivity index is 1.16. The molecule has 4 heterocycles. The smallest absolute Gasteiger partial charge is 0.178 e. The Morgan fingerprint density at radius 1 is 1.02 bits per heavy atom. The summed E-state index contributed by atoms with van der Waals surface area (Å²) in [4.78, 5) is 24.1. The minimum atomic E-state index is -0.603. The third-order valence-electron chi connectivity index (χ3n) is 9.17. The number of hydrogen-bond donors (Lipinski definition) is 1. The van der Waals surface area contributed by atoms with Crippen LogP contribution in [0.5, 0.6) is 5.75 Å². The Labute approximate surface area is 258 Å². The predicted octanol–water partition coefficient (Wildman–Crippen LogP) is 6.02. The van der Waals surface area contributed by atoms with Gasteiger partial charge in [-0.25, -0.2) is 23.7 Å². The summed E-state index contributed by atoms with van der Waals surface area (Å²) < 4.78 is 35.7. The lowest BCUT2D eigenvalue weighted by molar-refractivity contribution is 0.179. The van der Waals surface area contributed by atoms with Crippen LogP contribution in [0.15, 0.2) is 36.5 Å². The highest BCUT2D eigenvalue weighted by molar-refractivity contribution is 5.76. The average molecular weight is 604 g/mol. The lowest BCUT2D eigenvalue weighted by Gasteiger charge is -2.34. The van der Waals surface area contributed by atoms with E-state index in [2.05, 4.69) is 61.7 Å². The van der Waals surface area contributed by atoms with E-state index in [0.717, 1.165) is 69.3 Å². The number of nitrogens with one attached hydrogen (secondary N) is 1. The molecule has 0 atom stereocenters. The molecule has 0 radical (unpaired) electrons. The summed E-state index contributed by atoms with van der Waals surface area (Å²) in [5.74, 6) is 0.721. The summed E-state index contributed by atoms with van der Waals surface area (Å²) in [5, 5.41) is 0. The first-order valence-corrected chi connectivity index (χ1v) is 16.0. The quantitative estimate of drug-likeness (QED) is 0.238. The van der Waals surface area contributed by atoms with E-state index in [1.54, 1.807) is 6.07 Å². The van der Waals surface area contributed by atoms with Crippen molar-refractivity contribution in [2.24, 2.45) is 0 Å². The van der Waals surface area contributed by atoms with Crippen molar-refractivity contribution in [2.45, 2.75) is 58.9 Å². The van der Waals surface area contributed by atoms with Crippen LogP contribution in [0.2, 0.25) is 0 Å². The standard InChI is InChI=1S/C34H43F2N7O/c1-5-41(6-2)13-14-42-11-9-23(10-12-42)24-7-8-28-29(18-24)39-32(38-28)20-31-37-21-27(36)33(40-31)25-17-26(35)34-30(19-25)43(22(3)4)15-16-44-34/h7-8,17-19,21-23H,5-6,9-16,20H2,1-4H3,(H,38,39). The van der Waals surface area contributed by atoms with Gasteiger partial charge < -0.3 is 24.4 Å². The number of halogens is 2. The zero-order chi connectivity index (χ0) is 30.8. The van der Waals surface area contributed by atoms with Gasteiger partial charge in [0.2, 0.25) is 0 Å². The Morgan fingerprint density at radius 3 is 2.57 bits per heavy atom. The lowest BCUT2D eigenvalue weighted by atomic mass is 9.89. The first-order valence-electron chi connectivity index (χ1n) is 16.0. The zero-order valence-corrected chi connectivity index (χ0v) is 26.2. The van der Waals surface area contributed by atoms with Gasteiger partial charge in [0, 0.05) is 24.7 Å². The van der Waals surface area contributed by atoms with Crippen LogP contribution in [0, 0.1) is 11.6 Å². The van der Waals surface area contributed by atoms with Crippen molar-refractivity contribution in [1.82, 2.24) is 29.7 Å². The fraction of sp³-hybridized carbons (Fsp3) is 0.500. The van der Waals surface area contributed by atoms with Gasteiger partial charge in [0.15, 0.2) is 17.4 Å². The highest BCUT2D eigenvalue weighted by atomic mass is 19.1. The molecule has 0 aliphatic carbocycles. The molecule has 0 saturated carbocycles. The molecule has 10 heteroatoms. The summed E-state index contributed by atoms with van der Waals surface area (Å²) in [6.45, 7) is 16.3. The Bertz CT molecular complexity index is 1590. The van der Waals surface area contributed by atoms with E-state index in [1.165, 1.54) is 11.6 Å². The molecule has 2 aliphatic heterocycles. The number of fused-ring (bicyclic) bond motifs is 2. The number of ether oxygens (including phenoxy) is 1. The van der Waals surface area contributed by atoms with Gasteiger partial charge in [-0.1, -0.05) is 19.9 Å². The third kappa shape index (κ3) is 6.42. The first kappa shape index (κ1) is 30.4. The molecule has 6 rings (SSSR count). The number of nitrogens with zero attached hydrogens (tertiary/aromatic N) is 6. The number of likely N-dealkylation sites (N-methyl/N-ethyl adjacent to an activating group) is 1. The van der Waals surface area contributed by atoms with Crippen molar-refractivity contribution in [3.05, 3.63) is 65.4 Å². The maximum Gasteiger partial charge on any atom is 0.178 e. The van der Waals surface area contributed by atoms with Crippen molar-refractivity contribution < 1.29 is 13.5 Å². The lowest BCUT2D eigenvalue weighted by Crippen LogP contribution is -2.39.